The van der Waals surface area contributed by atoms with Gasteiger partial charge in [-0.1, -0.05) is 19.1 Å². The first-order valence-corrected chi connectivity index (χ1v) is 8.08. The standard InChI is InChI=1S/C17H24F3NO2/c1-2-15(21-11-12-7-9-23-10-8-12)16(22)13-3-5-14(6-4-13)17(18,19)20/h3-6,12,15-16,21-22H,2,7-11H2,1H3. The number of ether oxygens (including phenoxy) is 1. The largest absolute Gasteiger partial charge is 0.416 e. The summed E-state index contributed by atoms with van der Waals surface area (Å²) < 4.78 is 43.1. The van der Waals surface area contributed by atoms with Crippen molar-refractivity contribution in [2.24, 2.45) is 5.92 Å². The minimum absolute atomic E-state index is 0.172. The maximum Gasteiger partial charge on any atom is 0.416 e. The van der Waals surface area contributed by atoms with Gasteiger partial charge in [0.2, 0.25) is 0 Å². The summed E-state index contributed by atoms with van der Waals surface area (Å²) in [5.74, 6) is 0.526. The quantitative estimate of drug-likeness (QED) is 0.838. The van der Waals surface area contributed by atoms with E-state index < -0.39 is 17.8 Å². The molecular weight excluding hydrogens is 307 g/mol. The van der Waals surface area contributed by atoms with Gasteiger partial charge in [0.15, 0.2) is 0 Å². The maximum absolute atomic E-state index is 12.6. The van der Waals surface area contributed by atoms with Gasteiger partial charge in [-0.05, 0) is 49.4 Å². The average molecular weight is 331 g/mol. The summed E-state index contributed by atoms with van der Waals surface area (Å²) >= 11 is 0. The van der Waals surface area contributed by atoms with E-state index in [2.05, 4.69) is 5.32 Å². The molecular formula is C17H24F3NO2. The Balaban J connectivity index is 1.94. The van der Waals surface area contributed by atoms with E-state index in [1.807, 2.05) is 6.92 Å². The summed E-state index contributed by atoms with van der Waals surface area (Å²) in [6.45, 7) is 4.28. The van der Waals surface area contributed by atoms with Crippen LogP contribution in [-0.4, -0.2) is 30.9 Å². The van der Waals surface area contributed by atoms with Crippen molar-refractivity contribution in [2.75, 3.05) is 19.8 Å². The first-order valence-electron chi connectivity index (χ1n) is 8.08. The van der Waals surface area contributed by atoms with Gasteiger partial charge >= 0.3 is 6.18 Å². The smallest absolute Gasteiger partial charge is 0.387 e. The fraction of sp³-hybridized carbons (Fsp3) is 0.647. The number of benzene rings is 1. The second kappa shape index (κ2) is 8.13. The zero-order chi connectivity index (χ0) is 16.9. The third kappa shape index (κ3) is 5.19. The highest BCUT2D eigenvalue weighted by atomic mass is 19.4. The molecule has 130 valence electrons. The van der Waals surface area contributed by atoms with Crippen LogP contribution >= 0.6 is 0 Å². The van der Waals surface area contributed by atoms with Crippen LogP contribution in [0.1, 0.15) is 43.4 Å². The molecule has 23 heavy (non-hydrogen) atoms. The number of rotatable bonds is 6. The van der Waals surface area contributed by atoms with Crippen LogP contribution in [0.5, 0.6) is 0 Å². The summed E-state index contributed by atoms with van der Waals surface area (Å²) in [6, 6.07) is 4.57. The first-order chi connectivity index (χ1) is 10.9. The number of aliphatic hydroxyl groups is 1. The Morgan fingerprint density at radius 2 is 1.83 bits per heavy atom. The summed E-state index contributed by atoms with van der Waals surface area (Å²) in [6.07, 6.45) is -2.47. The number of alkyl halides is 3. The van der Waals surface area contributed by atoms with Crippen LogP contribution in [0.2, 0.25) is 0 Å². The SMILES string of the molecule is CCC(NCC1CCOCC1)C(O)c1ccc(C(F)(F)F)cc1. The summed E-state index contributed by atoms with van der Waals surface area (Å²) in [7, 11) is 0. The Hall–Kier alpha value is -1.11. The van der Waals surface area contributed by atoms with Crippen molar-refractivity contribution in [2.45, 2.75) is 44.5 Å². The van der Waals surface area contributed by atoms with Crippen LogP contribution in [-0.2, 0) is 10.9 Å². The number of halogens is 3. The molecule has 1 aliphatic heterocycles. The van der Waals surface area contributed by atoms with Crippen molar-refractivity contribution in [3.05, 3.63) is 35.4 Å². The Bertz CT molecular complexity index is 470. The van der Waals surface area contributed by atoms with E-state index in [4.69, 9.17) is 4.74 Å². The van der Waals surface area contributed by atoms with Crippen LogP contribution in [0.25, 0.3) is 0 Å². The van der Waals surface area contributed by atoms with Gasteiger partial charge in [0.05, 0.1) is 11.7 Å². The lowest BCUT2D eigenvalue weighted by Crippen LogP contribution is -2.38. The summed E-state index contributed by atoms with van der Waals surface area (Å²) in [5, 5.41) is 13.8. The Labute approximate surface area is 134 Å². The number of hydrogen-bond acceptors (Lipinski definition) is 3. The molecule has 0 spiro atoms. The van der Waals surface area contributed by atoms with E-state index in [0.29, 0.717) is 17.9 Å². The molecule has 2 N–H and O–H groups in total. The average Bonchev–Trinajstić information content (AvgIpc) is 2.55. The second-order valence-corrected chi connectivity index (χ2v) is 6.04. The van der Waals surface area contributed by atoms with Gasteiger partial charge in [0, 0.05) is 19.3 Å². The van der Waals surface area contributed by atoms with E-state index in [0.717, 1.165) is 44.7 Å². The van der Waals surface area contributed by atoms with Gasteiger partial charge in [-0.3, -0.25) is 0 Å². The molecule has 1 saturated heterocycles. The van der Waals surface area contributed by atoms with E-state index in [1.165, 1.54) is 12.1 Å². The molecule has 1 aromatic carbocycles. The molecule has 1 aromatic rings. The van der Waals surface area contributed by atoms with E-state index in [-0.39, 0.29) is 6.04 Å². The van der Waals surface area contributed by atoms with Crippen LogP contribution in [0, 0.1) is 5.92 Å². The summed E-state index contributed by atoms with van der Waals surface area (Å²) in [4.78, 5) is 0. The van der Waals surface area contributed by atoms with Crippen molar-refractivity contribution >= 4 is 0 Å². The molecule has 1 heterocycles. The van der Waals surface area contributed by atoms with Gasteiger partial charge in [0.25, 0.3) is 0 Å². The second-order valence-electron chi connectivity index (χ2n) is 6.04. The minimum Gasteiger partial charge on any atom is -0.387 e. The van der Waals surface area contributed by atoms with Gasteiger partial charge in [-0.15, -0.1) is 0 Å². The molecule has 2 atom stereocenters. The van der Waals surface area contributed by atoms with Crippen LogP contribution in [0.3, 0.4) is 0 Å². The van der Waals surface area contributed by atoms with Crippen molar-refractivity contribution in [3.8, 4) is 0 Å². The first kappa shape index (κ1) is 18.2. The molecule has 0 saturated carbocycles. The van der Waals surface area contributed by atoms with Crippen LogP contribution in [0.4, 0.5) is 13.2 Å². The van der Waals surface area contributed by atoms with Crippen LogP contribution < -0.4 is 5.32 Å². The third-order valence-electron chi connectivity index (χ3n) is 4.41. The third-order valence-corrected chi connectivity index (χ3v) is 4.41. The highest BCUT2D eigenvalue weighted by molar-refractivity contribution is 5.26. The maximum atomic E-state index is 12.6. The molecule has 2 rings (SSSR count). The predicted molar refractivity (Wildman–Crippen MR) is 82.0 cm³/mol. The van der Waals surface area contributed by atoms with Gasteiger partial charge in [-0.2, -0.15) is 13.2 Å². The highest BCUT2D eigenvalue weighted by Crippen LogP contribution is 2.30. The molecule has 0 aromatic heterocycles. The minimum atomic E-state index is -4.35. The Morgan fingerprint density at radius 1 is 1.22 bits per heavy atom. The zero-order valence-electron chi connectivity index (χ0n) is 13.3. The van der Waals surface area contributed by atoms with E-state index in [9.17, 15) is 18.3 Å². The van der Waals surface area contributed by atoms with Crippen molar-refractivity contribution in [3.63, 3.8) is 0 Å². The molecule has 1 aliphatic rings. The fourth-order valence-corrected chi connectivity index (χ4v) is 2.85. The lowest BCUT2D eigenvalue weighted by Gasteiger charge is -2.28. The van der Waals surface area contributed by atoms with Gasteiger partial charge in [0.1, 0.15) is 0 Å². The summed E-state index contributed by atoms with van der Waals surface area (Å²) in [5.41, 5.74) is -0.194. The number of nitrogens with one attached hydrogen (secondary N) is 1. The molecule has 0 aliphatic carbocycles. The number of hydrogen-bond donors (Lipinski definition) is 2. The Morgan fingerprint density at radius 3 is 2.35 bits per heavy atom. The molecule has 3 nitrogen and oxygen atoms in total. The molecule has 6 heteroatoms. The molecule has 0 bridgehead atoms. The van der Waals surface area contributed by atoms with E-state index >= 15 is 0 Å². The molecule has 1 fully saturated rings. The zero-order valence-corrected chi connectivity index (χ0v) is 13.3. The fourth-order valence-electron chi connectivity index (χ4n) is 2.85. The van der Waals surface area contributed by atoms with Gasteiger partial charge < -0.3 is 15.2 Å². The lowest BCUT2D eigenvalue weighted by atomic mass is 9.96. The normalized spacial score (nSPS) is 19.5. The molecule has 0 radical (unpaired) electrons. The Kier molecular flexibility index (Phi) is 6.44. The number of aliphatic hydroxyl groups excluding tert-OH is 1. The van der Waals surface area contributed by atoms with E-state index in [1.54, 1.807) is 0 Å². The van der Waals surface area contributed by atoms with Crippen LogP contribution in [0.15, 0.2) is 24.3 Å². The monoisotopic (exact) mass is 331 g/mol. The molecule has 2 unspecified atom stereocenters. The predicted octanol–water partition coefficient (Wildman–Crippen LogP) is 3.53. The van der Waals surface area contributed by atoms with Crippen molar-refractivity contribution < 1.29 is 23.0 Å². The highest BCUT2D eigenvalue weighted by Gasteiger charge is 2.30. The van der Waals surface area contributed by atoms with Crippen molar-refractivity contribution in [1.29, 1.82) is 0 Å². The van der Waals surface area contributed by atoms with Gasteiger partial charge in [-0.25, -0.2) is 0 Å². The topological polar surface area (TPSA) is 41.5 Å². The molecule has 0 amide bonds. The van der Waals surface area contributed by atoms with Crippen molar-refractivity contribution in [1.82, 2.24) is 5.32 Å². The lowest BCUT2D eigenvalue weighted by molar-refractivity contribution is -0.137.